The van der Waals surface area contributed by atoms with Gasteiger partial charge in [0, 0.05) is 18.7 Å². The van der Waals surface area contributed by atoms with Crippen LogP contribution in [0.25, 0.3) is 0 Å². The van der Waals surface area contributed by atoms with Gasteiger partial charge in [-0.3, -0.25) is 9.69 Å². The molecule has 0 aromatic heterocycles. The summed E-state index contributed by atoms with van der Waals surface area (Å²) in [6.07, 6.45) is 0. The van der Waals surface area contributed by atoms with Gasteiger partial charge in [-0.05, 0) is 18.2 Å². The van der Waals surface area contributed by atoms with E-state index in [0.717, 1.165) is 0 Å². The second-order valence-corrected chi connectivity index (χ2v) is 5.20. The third-order valence-corrected chi connectivity index (χ3v) is 3.48. The van der Waals surface area contributed by atoms with Crippen LogP contribution in [0.5, 0.6) is 0 Å². The predicted octanol–water partition coefficient (Wildman–Crippen LogP) is 1.62. The minimum Gasteiger partial charge on any atom is -0.346 e. The first-order chi connectivity index (χ1) is 10.3. The number of alkyl halides is 2. The Balaban J connectivity index is 0.00000264. The summed E-state index contributed by atoms with van der Waals surface area (Å²) in [5.74, 6) is -3.86. The van der Waals surface area contributed by atoms with Gasteiger partial charge in [0.25, 0.3) is 11.8 Å². The number of benzene rings is 1. The fourth-order valence-corrected chi connectivity index (χ4v) is 2.17. The lowest BCUT2D eigenvalue weighted by Gasteiger charge is -2.18. The number of amides is 3. The minimum absolute atomic E-state index is 0. The van der Waals surface area contributed by atoms with Crippen LogP contribution in [0.3, 0.4) is 0 Å². The van der Waals surface area contributed by atoms with Crippen molar-refractivity contribution >= 4 is 41.6 Å². The maximum absolute atomic E-state index is 13.0. The molecule has 1 fully saturated rings. The number of carbonyl (C=O) groups excluding carboxylic acids is 2. The standard InChI is InChI=1S/C13H15ClF2N4O2.ClH/c14-9-2-1-8(11(21)19-7-13(15,16)6-17)5-10(9)20-4-3-18-12(20)22;/h1-2,5H,3-4,6-7,17H2,(H,18,22)(H,19,21);1H. The molecular formula is C13H16Cl2F2N4O2. The van der Waals surface area contributed by atoms with Gasteiger partial charge in [-0.2, -0.15) is 0 Å². The molecule has 128 valence electrons. The molecule has 0 unspecified atom stereocenters. The summed E-state index contributed by atoms with van der Waals surface area (Å²) in [5.41, 5.74) is 5.39. The number of nitrogens with one attached hydrogen (secondary N) is 2. The lowest BCUT2D eigenvalue weighted by molar-refractivity contribution is 0.0118. The first-order valence-electron chi connectivity index (χ1n) is 6.55. The Hall–Kier alpha value is -1.64. The summed E-state index contributed by atoms with van der Waals surface area (Å²) < 4.78 is 26.1. The molecule has 1 aliphatic rings. The summed E-state index contributed by atoms with van der Waals surface area (Å²) in [4.78, 5) is 24.9. The van der Waals surface area contributed by atoms with Crippen molar-refractivity contribution < 1.29 is 18.4 Å². The number of anilines is 1. The SMILES string of the molecule is Cl.NCC(F)(F)CNC(=O)c1ccc(Cl)c(N2CCNC2=O)c1. The molecule has 0 atom stereocenters. The monoisotopic (exact) mass is 368 g/mol. The van der Waals surface area contributed by atoms with E-state index in [1.807, 2.05) is 0 Å². The third kappa shape index (κ3) is 4.66. The molecule has 0 aliphatic carbocycles. The average Bonchev–Trinajstić information content (AvgIpc) is 2.91. The molecule has 3 amide bonds. The highest BCUT2D eigenvalue weighted by atomic mass is 35.5. The molecule has 1 aliphatic heterocycles. The van der Waals surface area contributed by atoms with E-state index in [0.29, 0.717) is 23.8 Å². The molecule has 23 heavy (non-hydrogen) atoms. The number of carbonyl (C=O) groups is 2. The van der Waals surface area contributed by atoms with Gasteiger partial charge < -0.3 is 16.4 Å². The van der Waals surface area contributed by atoms with E-state index >= 15 is 0 Å². The van der Waals surface area contributed by atoms with Gasteiger partial charge in [-0.15, -0.1) is 12.4 Å². The fraction of sp³-hybridized carbons (Fsp3) is 0.385. The lowest BCUT2D eigenvalue weighted by Crippen LogP contribution is -2.41. The van der Waals surface area contributed by atoms with Crippen LogP contribution in [0.4, 0.5) is 19.3 Å². The zero-order chi connectivity index (χ0) is 16.3. The quantitative estimate of drug-likeness (QED) is 0.737. The summed E-state index contributed by atoms with van der Waals surface area (Å²) in [6.45, 7) is -0.833. The number of nitrogens with zero attached hydrogens (tertiary/aromatic N) is 1. The molecule has 0 spiro atoms. The highest BCUT2D eigenvalue weighted by molar-refractivity contribution is 6.34. The van der Waals surface area contributed by atoms with Crippen LogP contribution in [0.1, 0.15) is 10.4 Å². The van der Waals surface area contributed by atoms with Crippen LogP contribution in [0.2, 0.25) is 5.02 Å². The second-order valence-electron chi connectivity index (χ2n) is 4.79. The molecule has 0 bridgehead atoms. The van der Waals surface area contributed by atoms with Crippen molar-refractivity contribution in [3.63, 3.8) is 0 Å². The lowest BCUT2D eigenvalue weighted by atomic mass is 10.1. The normalized spacial score (nSPS) is 14.3. The number of hydrogen-bond donors (Lipinski definition) is 3. The van der Waals surface area contributed by atoms with Crippen LogP contribution < -0.4 is 21.3 Å². The largest absolute Gasteiger partial charge is 0.346 e. The number of rotatable bonds is 5. The van der Waals surface area contributed by atoms with Crippen molar-refractivity contribution in [2.45, 2.75) is 5.92 Å². The molecule has 1 aromatic carbocycles. The first-order valence-corrected chi connectivity index (χ1v) is 6.93. The van der Waals surface area contributed by atoms with Crippen LogP contribution in [0.15, 0.2) is 18.2 Å². The molecule has 0 radical (unpaired) electrons. The van der Waals surface area contributed by atoms with Crippen LogP contribution >= 0.6 is 24.0 Å². The maximum Gasteiger partial charge on any atom is 0.322 e. The van der Waals surface area contributed by atoms with E-state index in [9.17, 15) is 18.4 Å². The van der Waals surface area contributed by atoms with Gasteiger partial charge in [0.15, 0.2) is 0 Å². The molecular weight excluding hydrogens is 353 g/mol. The minimum atomic E-state index is -3.17. The fourth-order valence-electron chi connectivity index (χ4n) is 1.95. The summed E-state index contributed by atoms with van der Waals surface area (Å²) in [7, 11) is 0. The Morgan fingerprint density at radius 3 is 2.74 bits per heavy atom. The molecule has 0 saturated carbocycles. The molecule has 2 rings (SSSR count). The van der Waals surface area contributed by atoms with Crippen molar-refractivity contribution in [1.29, 1.82) is 0 Å². The number of urea groups is 1. The van der Waals surface area contributed by atoms with E-state index < -0.39 is 24.9 Å². The summed E-state index contributed by atoms with van der Waals surface area (Å²) >= 11 is 6.03. The molecule has 4 N–H and O–H groups in total. The van der Waals surface area contributed by atoms with Gasteiger partial charge in [-0.25, -0.2) is 13.6 Å². The number of hydrogen-bond acceptors (Lipinski definition) is 3. The van der Waals surface area contributed by atoms with Crippen molar-refractivity contribution in [2.24, 2.45) is 5.73 Å². The smallest absolute Gasteiger partial charge is 0.322 e. The Labute approximate surface area is 142 Å². The van der Waals surface area contributed by atoms with Gasteiger partial charge in [0.1, 0.15) is 0 Å². The van der Waals surface area contributed by atoms with Crippen LogP contribution in [0, 0.1) is 0 Å². The Morgan fingerprint density at radius 2 is 2.17 bits per heavy atom. The highest BCUT2D eigenvalue weighted by Crippen LogP contribution is 2.28. The number of nitrogens with two attached hydrogens (primary N) is 1. The topological polar surface area (TPSA) is 87.5 Å². The highest BCUT2D eigenvalue weighted by Gasteiger charge is 2.28. The average molecular weight is 369 g/mol. The third-order valence-electron chi connectivity index (χ3n) is 3.16. The Kier molecular flexibility index (Phi) is 6.55. The number of halogens is 4. The van der Waals surface area contributed by atoms with E-state index in [1.54, 1.807) is 0 Å². The van der Waals surface area contributed by atoms with Gasteiger partial charge in [-0.1, -0.05) is 11.6 Å². The van der Waals surface area contributed by atoms with Gasteiger partial charge >= 0.3 is 6.03 Å². The van der Waals surface area contributed by atoms with Gasteiger partial charge in [0.05, 0.1) is 23.8 Å². The van der Waals surface area contributed by atoms with Gasteiger partial charge in [0.2, 0.25) is 0 Å². The summed E-state index contributed by atoms with van der Waals surface area (Å²) in [5, 5.41) is 5.01. The molecule has 1 saturated heterocycles. The van der Waals surface area contributed by atoms with Crippen LogP contribution in [-0.4, -0.2) is 44.0 Å². The summed E-state index contributed by atoms with van der Waals surface area (Å²) in [6, 6.07) is 3.91. The second kappa shape index (κ2) is 7.76. The van der Waals surface area contributed by atoms with Crippen molar-refractivity contribution in [1.82, 2.24) is 10.6 Å². The van der Waals surface area contributed by atoms with E-state index in [2.05, 4.69) is 10.6 Å². The van der Waals surface area contributed by atoms with E-state index in [4.69, 9.17) is 17.3 Å². The van der Waals surface area contributed by atoms with Crippen molar-refractivity contribution in [3.8, 4) is 0 Å². The Bertz CT molecular complexity index is 601. The first kappa shape index (κ1) is 19.4. The predicted molar refractivity (Wildman–Crippen MR) is 85.8 cm³/mol. The van der Waals surface area contributed by atoms with Crippen LogP contribution in [-0.2, 0) is 0 Å². The molecule has 1 aromatic rings. The molecule has 6 nitrogen and oxygen atoms in total. The molecule has 10 heteroatoms. The Morgan fingerprint density at radius 1 is 1.48 bits per heavy atom. The zero-order valence-corrected chi connectivity index (χ0v) is 13.5. The van der Waals surface area contributed by atoms with Crippen molar-refractivity contribution in [2.75, 3.05) is 31.1 Å². The van der Waals surface area contributed by atoms with E-state index in [-0.39, 0.29) is 24.0 Å². The molecule has 1 heterocycles. The van der Waals surface area contributed by atoms with E-state index in [1.165, 1.54) is 23.1 Å². The zero-order valence-electron chi connectivity index (χ0n) is 11.9. The maximum atomic E-state index is 13.0. The van der Waals surface area contributed by atoms with Crippen molar-refractivity contribution in [3.05, 3.63) is 28.8 Å².